The fourth-order valence-electron chi connectivity index (χ4n) is 5.20. The van der Waals surface area contributed by atoms with E-state index in [2.05, 4.69) is 58.3 Å². The molecule has 0 spiro atoms. The zero-order valence-corrected chi connectivity index (χ0v) is 23.2. The summed E-state index contributed by atoms with van der Waals surface area (Å²) in [6.07, 6.45) is 0.763. The minimum atomic E-state index is -0.408. The van der Waals surface area contributed by atoms with Gasteiger partial charge >= 0.3 is 5.97 Å². The molecule has 40 heavy (non-hydrogen) atoms. The van der Waals surface area contributed by atoms with E-state index in [1.807, 2.05) is 24.3 Å². The maximum absolute atomic E-state index is 13.3. The van der Waals surface area contributed by atoms with E-state index >= 15 is 0 Å². The van der Waals surface area contributed by atoms with Gasteiger partial charge in [-0.25, -0.2) is 4.68 Å². The third-order valence-electron chi connectivity index (χ3n) is 7.15. The number of aryl methyl sites for hydroxylation is 1. The molecule has 1 N–H and O–H groups in total. The minimum Gasteiger partial charge on any atom is -0.465 e. The summed E-state index contributed by atoms with van der Waals surface area (Å²) in [6, 6.07) is 13.6. The van der Waals surface area contributed by atoms with Crippen molar-refractivity contribution in [2.75, 3.05) is 19.9 Å². The Bertz CT molecular complexity index is 1560. The van der Waals surface area contributed by atoms with E-state index in [0.717, 1.165) is 11.8 Å². The first-order chi connectivity index (χ1) is 19.3. The smallest absolute Gasteiger partial charge is 0.327 e. The fourth-order valence-corrected chi connectivity index (χ4v) is 5.20. The van der Waals surface area contributed by atoms with Crippen molar-refractivity contribution in [2.45, 2.75) is 53.2 Å². The van der Waals surface area contributed by atoms with Crippen LogP contribution < -0.4 is 15.0 Å². The molecule has 11 heteroatoms. The molecule has 2 aromatic heterocycles. The second kappa shape index (κ2) is 11.9. The van der Waals surface area contributed by atoms with Crippen LogP contribution in [0, 0.1) is 12.8 Å². The minimum absolute atomic E-state index is 0.0668. The SMILES string of the molecule is CCOC(=O)Cn1nnnc1C(C(C)C)N(CCc1ccccc1C)Cc1cc2cc3c(cc2[nH]c1=O)OCO3. The van der Waals surface area contributed by atoms with Crippen LogP contribution >= 0.6 is 0 Å². The molecule has 2 aromatic carbocycles. The number of pyridine rings is 1. The zero-order valence-electron chi connectivity index (χ0n) is 23.2. The van der Waals surface area contributed by atoms with Gasteiger partial charge in [0.25, 0.3) is 5.56 Å². The second-order valence-corrected chi connectivity index (χ2v) is 10.3. The van der Waals surface area contributed by atoms with Crippen LogP contribution in [-0.2, 0) is 29.0 Å². The zero-order chi connectivity index (χ0) is 28.2. The number of tetrazole rings is 1. The van der Waals surface area contributed by atoms with Crippen molar-refractivity contribution in [3.63, 3.8) is 0 Å². The summed E-state index contributed by atoms with van der Waals surface area (Å²) in [5.41, 5.74) is 3.53. The van der Waals surface area contributed by atoms with E-state index in [0.29, 0.717) is 41.5 Å². The normalized spacial score (nSPS) is 13.3. The third kappa shape index (κ3) is 5.84. The highest BCUT2D eigenvalue weighted by Crippen LogP contribution is 2.35. The molecule has 1 aliphatic heterocycles. The Kier molecular flexibility index (Phi) is 8.11. The molecule has 0 saturated carbocycles. The number of fused-ring (bicyclic) bond motifs is 2. The Hall–Kier alpha value is -4.25. The summed E-state index contributed by atoms with van der Waals surface area (Å²) < 4.78 is 17.7. The highest BCUT2D eigenvalue weighted by Gasteiger charge is 2.30. The molecule has 0 radical (unpaired) electrons. The van der Waals surface area contributed by atoms with Gasteiger partial charge in [0.15, 0.2) is 17.3 Å². The van der Waals surface area contributed by atoms with Gasteiger partial charge in [-0.15, -0.1) is 5.10 Å². The predicted octanol–water partition coefficient (Wildman–Crippen LogP) is 3.56. The number of benzene rings is 2. The topological polar surface area (TPSA) is 124 Å². The van der Waals surface area contributed by atoms with Crippen LogP contribution in [0.15, 0.2) is 47.3 Å². The van der Waals surface area contributed by atoms with Gasteiger partial charge in [-0.2, -0.15) is 0 Å². The summed E-state index contributed by atoms with van der Waals surface area (Å²) in [4.78, 5) is 30.8. The molecule has 1 aliphatic rings. The van der Waals surface area contributed by atoms with Crippen LogP contribution in [0.5, 0.6) is 11.5 Å². The molecular weight excluding hydrogens is 512 g/mol. The van der Waals surface area contributed by atoms with Crippen molar-refractivity contribution in [3.8, 4) is 11.5 Å². The van der Waals surface area contributed by atoms with E-state index in [-0.39, 0.29) is 37.5 Å². The average molecular weight is 547 g/mol. The number of aromatic amines is 1. The fraction of sp³-hybridized carbons (Fsp3) is 0.414. The number of aromatic nitrogens is 5. The number of nitrogens with zero attached hydrogens (tertiary/aromatic N) is 5. The Balaban J connectivity index is 1.51. The Labute approximate surface area is 232 Å². The lowest BCUT2D eigenvalue weighted by atomic mass is 9.98. The summed E-state index contributed by atoms with van der Waals surface area (Å²) >= 11 is 0. The van der Waals surface area contributed by atoms with Crippen molar-refractivity contribution in [1.82, 2.24) is 30.1 Å². The summed E-state index contributed by atoms with van der Waals surface area (Å²) in [5, 5.41) is 13.2. The van der Waals surface area contributed by atoms with Gasteiger partial charge in [-0.1, -0.05) is 38.1 Å². The van der Waals surface area contributed by atoms with E-state index in [4.69, 9.17) is 14.2 Å². The van der Waals surface area contributed by atoms with Gasteiger partial charge in [0.1, 0.15) is 6.54 Å². The summed E-state index contributed by atoms with van der Waals surface area (Å²) in [5.74, 6) is 1.48. The standard InChI is InChI=1S/C29H34N6O5/c1-5-38-26(36)16-35-28(31-32-33-35)27(18(2)3)34(11-10-20-9-7-6-8-19(20)4)15-22-12-21-13-24-25(40-17-39-24)14-23(21)30-29(22)37/h6-9,12-14,18,27H,5,10-11,15-17H2,1-4H3,(H,30,37). The number of esters is 1. The lowest BCUT2D eigenvalue weighted by Gasteiger charge is -2.33. The highest BCUT2D eigenvalue weighted by atomic mass is 16.7. The van der Waals surface area contributed by atoms with Gasteiger partial charge in [-0.05, 0) is 59.9 Å². The number of hydrogen-bond acceptors (Lipinski definition) is 9. The summed E-state index contributed by atoms with van der Waals surface area (Å²) in [7, 11) is 0. The predicted molar refractivity (Wildman–Crippen MR) is 148 cm³/mol. The van der Waals surface area contributed by atoms with Crippen LogP contribution in [0.1, 0.15) is 49.3 Å². The molecule has 1 atom stereocenters. The van der Waals surface area contributed by atoms with Crippen molar-refractivity contribution < 1.29 is 19.0 Å². The van der Waals surface area contributed by atoms with Gasteiger partial charge in [0.2, 0.25) is 6.79 Å². The molecule has 0 fully saturated rings. The summed E-state index contributed by atoms with van der Waals surface area (Å²) in [6.45, 7) is 9.35. The number of hydrogen-bond donors (Lipinski definition) is 1. The second-order valence-electron chi connectivity index (χ2n) is 10.3. The van der Waals surface area contributed by atoms with E-state index in [1.165, 1.54) is 15.8 Å². The van der Waals surface area contributed by atoms with Crippen LogP contribution in [0.2, 0.25) is 0 Å². The lowest BCUT2D eigenvalue weighted by molar-refractivity contribution is -0.144. The molecule has 3 heterocycles. The third-order valence-corrected chi connectivity index (χ3v) is 7.15. The monoisotopic (exact) mass is 546 g/mol. The number of rotatable bonds is 11. The Morgan fingerprint density at radius 1 is 1.15 bits per heavy atom. The van der Waals surface area contributed by atoms with E-state index < -0.39 is 5.97 Å². The van der Waals surface area contributed by atoms with Crippen LogP contribution in [0.4, 0.5) is 0 Å². The highest BCUT2D eigenvalue weighted by molar-refractivity contribution is 5.83. The number of carbonyl (C=O) groups is 1. The largest absolute Gasteiger partial charge is 0.465 e. The number of ether oxygens (including phenoxy) is 3. The molecule has 0 bridgehead atoms. The average Bonchev–Trinajstić information content (AvgIpc) is 3.56. The van der Waals surface area contributed by atoms with Crippen molar-refractivity contribution >= 4 is 16.9 Å². The molecule has 11 nitrogen and oxygen atoms in total. The first kappa shape index (κ1) is 27.3. The number of H-pyrrole nitrogens is 1. The van der Waals surface area contributed by atoms with E-state index in [9.17, 15) is 9.59 Å². The quantitative estimate of drug-likeness (QED) is 0.281. The van der Waals surface area contributed by atoms with Gasteiger partial charge in [0.05, 0.1) is 18.2 Å². The van der Waals surface area contributed by atoms with Crippen molar-refractivity contribution in [1.29, 1.82) is 0 Å². The van der Waals surface area contributed by atoms with Crippen molar-refractivity contribution in [2.24, 2.45) is 5.92 Å². The van der Waals surface area contributed by atoms with Gasteiger partial charge in [0, 0.05) is 30.1 Å². The first-order valence-corrected chi connectivity index (χ1v) is 13.5. The molecule has 210 valence electrons. The molecule has 0 saturated heterocycles. The van der Waals surface area contributed by atoms with Gasteiger partial charge < -0.3 is 19.2 Å². The Morgan fingerprint density at radius 3 is 2.67 bits per heavy atom. The van der Waals surface area contributed by atoms with Crippen LogP contribution in [0.25, 0.3) is 10.9 Å². The molecule has 0 aliphatic carbocycles. The van der Waals surface area contributed by atoms with Crippen LogP contribution in [-0.4, -0.2) is 56.0 Å². The number of nitrogens with one attached hydrogen (secondary N) is 1. The molecule has 0 amide bonds. The number of carbonyl (C=O) groups excluding carboxylic acids is 1. The Morgan fingerprint density at radius 2 is 1.93 bits per heavy atom. The van der Waals surface area contributed by atoms with E-state index in [1.54, 1.807) is 13.0 Å². The molecular formula is C29H34N6O5. The van der Waals surface area contributed by atoms with Crippen molar-refractivity contribution in [3.05, 3.63) is 75.3 Å². The molecule has 5 rings (SSSR count). The molecule has 1 unspecified atom stereocenters. The first-order valence-electron chi connectivity index (χ1n) is 13.5. The maximum Gasteiger partial charge on any atom is 0.327 e. The molecule has 4 aromatic rings. The van der Waals surface area contributed by atoms with Crippen LogP contribution in [0.3, 0.4) is 0 Å². The van der Waals surface area contributed by atoms with Gasteiger partial charge in [-0.3, -0.25) is 14.5 Å². The lowest BCUT2D eigenvalue weighted by Crippen LogP contribution is -2.37. The maximum atomic E-state index is 13.3.